The number of anilines is 1. The van der Waals surface area contributed by atoms with Crippen LogP contribution in [0.3, 0.4) is 0 Å². The summed E-state index contributed by atoms with van der Waals surface area (Å²) >= 11 is 0. The van der Waals surface area contributed by atoms with Gasteiger partial charge in [0.05, 0.1) is 11.9 Å². The second kappa shape index (κ2) is 13.7. The van der Waals surface area contributed by atoms with E-state index in [0.717, 1.165) is 41.8 Å². The summed E-state index contributed by atoms with van der Waals surface area (Å²) in [6.07, 6.45) is 4.77. The monoisotopic (exact) mass is 593 g/mol. The number of hydrogen-bond acceptors (Lipinski definition) is 5. The molecular weight excluding hydrogens is 557 g/mol. The zero-order valence-electron chi connectivity index (χ0n) is 23.8. The number of benzene rings is 3. The molecule has 10 heteroatoms. The summed E-state index contributed by atoms with van der Waals surface area (Å²) in [5.74, 6) is -1.86. The van der Waals surface area contributed by atoms with Crippen molar-refractivity contribution >= 4 is 33.3 Å². The summed E-state index contributed by atoms with van der Waals surface area (Å²) in [5, 5.41) is 3.07. The highest BCUT2D eigenvalue weighted by Crippen LogP contribution is 2.23. The van der Waals surface area contributed by atoms with E-state index in [-0.39, 0.29) is 47.5 Å². The van der Waals surface area contributed by atoms with Crippen LogP contribution in [0.25, 0.3) is 0 Å². The molecule has 3 aromatic carbocycles. The van der Waals surface area contributed by atoms with Crippen LogP contribution < -0.4 is 9.62 Å². The Kier molecular flexibility index (Phi) is 10.1. The highest BCUT2D eigenvalue weighted by molar-refractivity contribution is 7.92. The number of carbonyl (C=O) groups excluding carboxylic acids is 3. The summed E-state index contributed by atoms with van der Waals surface area (Å²) < 4.78 is 41.7. The molecule has 0 saturated heterocycles. The van der Waals surface area contributed by atoms with Crippen molar-refractivity contribution in [3.05, 3.63) is 101 Å². The number of carbonyl (C=O) groups is 3. The van der Waals surface area contributed by atoms with Crippen LogP contribution in [0.5, 0.6) is 0 Å². The first kappa shape index (κ1) is 30.9. The van der Waals surface area contributed by atoms with Crippen molar-refractivity contribution in [3.8, 4) is 0 Å². The Balaban J connectivity index is 1.74. The topological polar surface area (TPSA) is 104 Å². The van der Waals surface area contributed by atoms with Gasteiger partial charge in [0.2, 0.25) is 21.8 Å². The Morgan fingerprint density at radius 3 is 2.26 bits per heavy atom. The number of halogens is 1. The summed E-state index contributed by atoms with van der Waals surface area (Å²) in [6.45, 7) is 0.477. The fraction of sp³-hybridized carbons (Fsp3) is 0.344. The van der Waals surface area contributed by atoms with E-state index in [9.17, 15) is 27.2 Å². The Morgan fingerprint density at radius 1 is 0.952 bits per heavy atom. The molecule has 1 unspecified atom stereocenters. The molecule has 0 bridgehead atoms. The van der Waals surface area contributed by atoms with Gasteiger partial charge in [-0.25, -0.2) is 12.8 Å². The Labute approximate surface area is 246 Å². The Bertz CT molecular complexity index is 1520. The maximum atomic E-state index is 14.9. The van der Waals surface area contributed by atoms with Gasteiger partial charge >= 0.3 is 0 Å². The minimum Gasteiger partial charge on any atom is -0.352 e. The number of hydrogen-bond donors (Lipinski definition) is 1. The standard InChI is InChI=1S/C32H36FN3O5S/c1-23(37)25-14-10-17-28(20-25)36(42(2,40)41)22-31(38)35(21-26-13-6-9-18-29(26)33)30(19-24-11-4-3-5-12-24)32(39)34-27-15-7-8-16-27/h3-6,9-14,17-18,20,27,30H,7-8,15-16,19,21-22H2,1-2H3,(H,34,39). The molecule has 0 spiro atoms. The molecule has 0 radical (unpaired) electrons. The van der Waals surface area contributed by atoms with Gasteiger partial charge in [-0.1, -0.05) is 73.5 Å². The highest BCUT2D eigenvalue weighted by atomic mass is 32.2. The minimum atomic E-state index is -3.99. The molecule has 1 aliphatic carbocycles. The Hall–Kier alpha value is -4.05. The third kappa shape index (κ3) is 8.03. The van der Waals surface area contributed by atoms with Crippen molar-refractivity contribution in [2.75, 3.05) is 17.1 Å². The molecule has 1 aliphatic rings. The zero-order chi connectivity index (χ0) is 30.3. The largest absolute Gasteiger partial charge is 0.352 e. The molecule has 0 aliphatic heterocycles. The fourth-order valence-corrected chi connectivity index (χ4v) is 6.07. The zero-order valence-corrected chi connectivity index (χ0v) is 24.6. The molecule has 3 aromatic rings. The van der Waals surface area contributed by atoms with Gasteiger partial charge in [0, 0.05) is 30.1 Å². The number of Topliss-reactive ketones (excluding diaryl/α,β-unsaturated/α-hetero) is 1. The van der Waals surface area contributed by atoms with Gasteiger partial charge in [-0.05, 0) is 43.5 Å². The lowest BCUT2D eigenvalue weighted by Gasteiger charge is -2.34. The molecule has 8 nitrogen and oxygen atoms in total. The van der Waals surface area contributed by atoms with Gasteiger partial charge < -0.3 is 10.2 Å². The third-order valence-corrected chi connectivity index (χ3v) is 8.63. The van der Waals surface area contributed by atoms with Crippen LogP contribution in [0.1, 0.15) is 54.1 Å². The number of nitrogens with one attached hydrogen (secondary N) is 1. The van der Waals surface area contributed by atoms with E-state index >= 15 is 0 Å². The van der Waals surface area contributed by atoms with E-state index < -0.39 is 34.3 Å². The van der Waals surface area contributed by atoms with Crippen molar-refractivity contribution in [2.45, 2.75) is 57.7 Å². The van der Waals surface area contributed by atoms with Gasteiger partial charge in [-0.2, -0.15) is 0 Å². The first-order chi connectivity index (χ1) is 20.0. The van der Waals surface area contributed by atoms with Crippen molar-refractivity contribution in [1.29, 1.82) is 0 Å². The van der Waals surface area contributed by atoms with E-state index in [1.165, 1.54) is 42.2 Å². The molecule has 0 aromatic heterocycles. The molecular formula is C32H36FN3O5S. The molecule has 1 N–H and O–H groups in total. The predicted molar refractivity (Wildman–Crippen MR) is 160 cm³/mol. The van der Waals surface area contributed by atoms with E-state index in [0.29, 0.717) is 0 Å². The second-order valence-corrected chi connectivity index (χ2v) is 12.6. The summed E-state index contributed by atoms with van der Waals surface area (Å²) in [4.78, 5) is 41.2. The van der Waals surface area contributed by atoms with Crippen LogP contribution in [-0.2, 0) is 32.6 Å². The van der Waals surface area contributed by atoms with Gasteiger partial charge in [-0.15, -0.1) is 0 Å². The third-order valence-electron chi connectivity index (χ3n) is 7.49. The van der Waals surface area contributed by atoms with Gasteiger partial charge in [0.25, 0.3) is 0 Å². The number of sulfonamides is 1. The lowest BCUT2D eigenvalue weighted by Crippen LogP contribution is -2.54. The van der Waals surface area contributed by atoms with Gasteiger partial charge in [-0.3, -0.25) is 18.7 Å². The van der Waals surface area contributed by atoms with Crippen LogP contribution in [0.15, 0.2) is 78.9 Å². The first-order valence-electron chi connectivity index (χ1n) is 14.0. The molecule has 0 heterocycles. The van der Waals surface area contributed by atoms with Crippen LogP contribution in [-0.4, -0.2) is 55.8 Å². The molecule has 4 rings (SSSR count). The van der Waals surface area contributed by atoms with E-state index in [1.807, 2.05) is 30.3 Å². The minimum absolute atomic E-state index is 0.0250. The average molecular weight is 594 g/mol. The molecule has 42 heavy (non-hydrogen) atoms. The molecule has 222 valence electrons. The number of amides is 2. The lowest BCUT2D eigenvalue weighted by atomic mass is 10.0. The van der Waals surface area contributed by atoms with Crippen LogP contribution in [0, 0.1) is 5.82 Å². The van der Waals surface area contributed by atoms with Crippen molar-refractivity contribution in [3.63, 3.8) is 0 Å². The van der Waals surface area contributed by atoms with Crippen LogP contribution in [0.4, 0.5) is 10.1 Å². The van der Waals surface area contributed by atoms with Crippen molar-refractivity contribution in [2.24, 2.45) is 0 Å². The maximum absolute atomic E-state index is 14.9. The van der Waals surface area contributed by atoms with E-state index in [2.05, 4.69) is 5.32 Å². The Morgan fingerprint density at radius 2 is 1.62 bits per heavy atom. The normalized spacial score (nSPS) is 14.3. The fourth-order valence-electron chi connectivity index (χ4n) is 5.23. The van der Waals surface area contributed by atoms with Gasteiger partial charge in [0.15, 0.2) is 5.78 Å². The van der Waals surface area contributed by atoms with Crippen LogP contribution >= 0.6 is 0 Å². The lowest BCUT2D eigenvalue weighted by molar-refractivity contribution is -0.140. The maximum Gasteiger partial charge on any atom is 0.244 e. The van der Waals surface area contributed by atoms with E-state index in [1.54, 1.807) is 18.2 Å². The summed E-state index contributed by atoms with van der Waals surface area (Å²) in [6, 6.07) is 20.1. The van der Waals surface area contributed by atoms with Gasteiger partial charge in [0.1, 0.15) is 18.4 Å². The quantitative estimate of drug-likeness (QED) is 0.312. The van der Waals surface area contributed by atoms with Crippen molar-refractivity contribution in [1.82, 2.24) is 10.2 Å². The smallest absolute Gasteiger partial charge is 0.244 e. The summed E-state index contributed by atoms with van der Waals surface area (Å²) in [5.41, 5.74) is 1.42. The van der Waals surface area contributed by atoms with Crippen LogP contribution in [0.2, 0.25) is 0 Å². The number of rotatable bonds is 12. The number of nitrogens with zero attached hydrogens (tertiary/aromatic N) is 2. The second-order valence-electron chi connectivity index (χ2n) is 10.7. The molecule has 1 saturated carbocycles. The predicted octanol–water partition coefficient (Wildman–Crippen LogP) is 4.49. The molecule has 1 fully saturated rings. The number of ketones is 1. The average Bonchev–Trinajstić information content (AvgIpc) is 3.47. The summed E-state index contributed by atoms with van der Waals surface area (Å²) in [7, 11) is -3.99. The molecule has 2 amide bonds. The highest BCUT2D eigenvalue weighted by Gasteiger charge is 2.34. The molecule has 1 atom stereocenters. The SMILES string of the molecule is CC(=O)c1cccc(N(CC(=O)N(Cc2ccccc2F)C(Cc2ccccc2)C(=O)NC2CCCC2)S(C)(=O)=O)c1. The van der Waals surface area contributed by atoms with Crippen molar-refractivity contribution < 1.29 is 27.2 Å². The van der Waals surface area contributed by atoms with E-state index in [4.69, 9.17) is 0 Å². The first-order valence-corrected chi connectivity index (χ1v) is 15.8.